The average Bonchev–Trinajstić information content (AvgIpc) is 3.33. The van der Waals surface area contributed by atoms with Crippen molar-refractivity contribution in [2.24, 2.45) is 0 Å². The van der Waals surface area contributed by atoms with Crippen LogP contribution in [0.1, 0.15) is 19.2 Å². The van der Waals surface area contributed by atoms with Gasteiger partial charge in [-0.25, -0.2) is 22.7 Å². The number of benzene rings is 2. The van der Waals surface area contributed by atoms with Gasteiger partial charge < -0.3 is 13.9 Å². The summed E-state index contributed by atoms with van der Waals surface area (Å²) in [5.41, 5.74) is 3.67. The van der Waals surface area contributed by atoms with Crippen molar-refractivity contribution in [3.05, 3.63) is 48.3 Å². The topological polar surface area (TPSA) is 82.2 Å². The van der Waals surface area contributed by atoms with Crippen LogP contribution >= 0.6 is 11.8 Å². The number of hydrogen-bond acceptors (Lipinski definition) is 6. The molecule has 176 valence electrons. The number of sulfonamides is 1. The minimum Gasteiger partial charge on any atom is -0.383 e. The van der Waals surface area contributed by atoms with E-state index >= 15 is 0 Å². The number of aromatic nitrogens is 4. The van der Waals surface area contributed by atoms with Crippen LogP contribution < -0.4 is 0 Å². The maximum atomic E-state index is 12.6. The lowest BCUT2D eigenvalue weighted by Gasteiger charge is -2.11. The number of fused-ring (bicyclic) bond motifs is 2. The summed E-state index contributed by atoms with van der Waals surface area (Å²) >= 11 is 1.63. The molecule has 0 aliphatic heterocycles. The summed E-state index contributed by atoms with van der Waals surface area (Å²) in [4.78, 5) is 9.90. The van der Waals surface area contributed by atoms with Gasteiger partial charge in [-0.2, -0.15) is 0 Å². The first kappa shape index (κ1) is 23.7. The lowest BCUT2D eigenvalue weighted by molar-refractivity contribution is 0.186. The van der Waals surface area contributed by atoms with Gasteiger partial charge in [0.05, 0.1) is 39.3 Å². The molecule has 0 N–H and O–H groups in total. The predicted octanol–water partition coefficient (Wildman–Crippen LogP) is 3.99. The number of rotatable bonds is 10. The lowest BCUT2D eigenvalue weighted by Crippen LogP contribution is -2.22. The molecule has 0 atom stereocenters. The Labute approximate surface area is 198 Å². The normalized spacial score (nSPS) is 12.4. The molecule has 2 heterocycles. The van der Waals surface area contributed by atoms with Crippen LogP contribution in [0, 0.1) is 0 Å². The van der Waals surface area contributed by atoms with Crippen LogP contribution in [0.5, 0.6) is 0 Å². The van der Waals surface area contributed by atoms with Gasteiger partial charge in [-0.05, 0) is 36.8 Å². The number of aryl methyl sites for hydroxylation is 1. The van der Waals surface area contributed by atoms with E-state index in [2.05, 4.69) is 22.1 Å². The van der Waals surface area contributed by atoms with E-state index in [9.17, 15) is 8.42 Å². The Balaban J connectivity index is 1.69. The Kier molecular flexibility index (Phi) is 7.08. The van der Waals surface area contributed by atoms with Crippen molar-refractivity contribution in [2.75, 3.05) is 27.8 Å². The van der Waals surface area contributed by atoms with Crippen molar-refractivity contribution < 1.29 is 13.2 Å². The SMILES string of the molecule is CCCn1c(CSc2nc3ccccc3n2CCOC)nc2cc(S(=O)(=O)N(C)C)ccc21. The second-order valence-corrected chi connectivity index (χ2v) is 11.0. The first-order valence-corrected chi connectivity index (χ1v) is 13.3. The maximum absolute atomic E-state index is 12.6. The first-order chi connectivity index (χ1) is 15.9. The highest BCUT2D eigenvalue weighted by molar-refractivity contribution is 7.98. The molecular weight excluding hydrogens is 458 g/mol. The summed E-state index contributed by atoms with van der Waals surface area (Å²) in [5, 5.41) is 0.916. The van der Waals surface area contributed by atoms with Gasteiger partial charge in [-0.1, -0.05) is 30.8 Å². The fourth-order valence-electron chi connectivity index (χ4n) is 3.81. The van der Waals surface area contributed by atoms with E-state index in [1.165, 1.54) is 18.4 Å². The number of hydrogen-bond donors (Lipinski definition) is 0. The zero-order valence-corrected chi connectivity index (χ0v) is 21.0. The van der Waals surface area contributed by atoms with E-state index in [0.29, 0.717) is 17.9 Å². The molecule has 2 aromatic heterocycles. The van der Waals surface area contributed by atoms with Crippen LogP contribution in [-0.2, 0) is 33.6 Å². The molecule has 0 amide bonds. The summed E-state index contributed by atoms with van der Waals surface area (Å²) < 4.78 is 36.0. The summed E-state index contributed by atoms with van der Waals surface area (Å²) in [7, 11) is 1.25. The van der Waals surface area contributed by atoms with Crippen molar-refractivity contribution in [3.8, 4) is 0 Å². The maximum Gasteiger partial charge on any atom is 0.242 e. The number of nitrogens with zero attached hydrogens (tertiary/aromatic N) is 5. The number of imidazole rings is 2. The molecule has 33 heavy (non-hydrogen) atoms. The fourth-order valence-corrected chi connectivity index (χ4v) is 5.71. The molecule has 4 rings (SSSR count). The monoisotopic (exact) mass is 487 g/mol. The highest BCUT2D eigenvalue weighted by Gasteiger charge is 2.20. The highest BCUT2D eigenvalue weighted by Crippen LogP contribution is 2.29. The fraction of sp³-hybridized carbons (Fsp3) is 0.391. The molecule has 0 bridgehead atoms. The molecule has 10 heteroatoms. The Morgan fingerprint density at radius 3 is 2.48 bits per heavy atom. The van der Waals surface area contributed by atoms with Crippen molar-refractivity contribution in [1.29, 1.82) is 0 Å². The van der Waals surface area contributed by atoms with Crippen LogP contribution in [0.3, 0.4) is 0 Å². The molecule has 0 saturated carbocycles. The van der Waals surface area contributed by atoms with Gasteiger partial charge in [0.1, 0.15) is 5.82 Å². The molecule has 8 nitrogen and oxygen atoms in total. The van der Waals surface area contributed by atoms with Crippen molar-refractivity contribution in [3.63, 3.8) is 0 Å². The first-order valence-electron chi connectivity index (χ1n) is 10.9. The van der Waals surface area contributed by atoms with Crippen LogP contribution in [0.2, 0.25) is 0 Å². The second kappa shape index (κ2) is 9.84. The summed E-state index contributed by atoms with van der Waals surface area (Å²) in [6, 6.07) is 13.3. The molecule has 0 radical (unpaired) electrons. The van der Waals surface area contributed by atoms with Gasteiger partial charge in [0.25, 0.3) is 0 Å². The minimum absolute atomic E-state index is 0.252. The smallest absolute Gasteiger partial charge is 0.242 e. The third kappa shape index (κ3) is 4.65. The number of para-hydroxylation sites is 2. The van der Waals surface area contributed by atoms with Crippen LogP contribution in [-0.4, -0.2) is 59.6 Å². The standard InChI is InChI=1S/C23H29N5O3S2/c1-5-12-27-21-11-10-17(33(29,30)26(2)3)15-19(21)24-22(27)16-32-23-25-18-8-6-7-9-20(18)28(23)13-14-31-4/h6-11,15H,5,12-14,16H2,1-4H3. The number of thioether (sulfide) groups is 1. The zero-order valence-electron chi connectivity index (χ0n) is 19.4. The van der Waals surface area contributed by atoms with E-state index in [4.69, 9.17) is 14.7 Å². The molecule has 4 aromatic rings. The molecule has 2 aromatic carbocycles. The zero-order chi connectivity index (χ0) is 23.6. The van der Waals surface area contributed by atoms with Crippen LogP contribution in [0.25, 0.3) is 22.1 Å². The van der Waals surface area contributed by atoms with Crippen molar-refractivity contribution >= 4 is 43.9 Å². The largest absolute Gasteiger partial charge is 0.383 e. The molecule has 0 fully saturated rings. The van der Waals surface area contributed by atoms with Gasteiger partial charge in [-0.3, -0.25) is 0 Å². The third-order valence-electron chi connectivity index (χ3n) is 5.49. The van der Waals surface area contributed by atoms with E-state index in [1.807, 2.05) is 24.3 Å². The summed E-state index contributed by atoms with van der Waals surface area (Å²) in [6.45, 7) is 4.26. The van der Waals surface area contributed by atoms with Gasteiger partial charge in [0.15, 0.2) is 5.16 Å². The molecule has 0 spiro atoms. The molecule has 0 saturated heterocycles. The summed E-state index contributed by atoms with van der Waals surface area (Å²) in [6.07, 6.45) is 0.952. The second-order valence-electron chi connectivity index (χ2n) is 7.93. The van der Waals surface area contributed by atoms with E-state index in [0.717, 1.165) is 47.0 Å². The van der Waals surface area contributed by atoms with Crippen molar-refractivity contribution in [2.45, 2.75) is 42.2 Å². The Morgan fingerprint density at radius 1 is 1.00 bits per heavy atom. The Bertz CT molecular complexity index is 1380. The minimum atomic E-state index is -3.52. The molecule has 0 aliphatic rings. The third-order valence-corrected chi connectivity index (χ3v) is 8.28. The lowest BCUT2D eigenvalue weighted by atomic mass is 10.3. The Morgan fingerprint density at radius 2 is 1.76 bits per heavy atom. The van der Waals surface area contributed by atoms with Crippen LogP contribution in [0.4, 0.5) is 0 Å². The number of ether oxygens (including phenoxy) is 1. The summed E-state index contributed by atoms with van der Waals surface area (Å²) in [5.74, 6) is 1.53. The number of methoxy groups -OCH3 is 1. The quantitative estimate of drug-likeness (QED) is 0.315. The average molecular weight is 488 g/mol. The van der Waals surface area contributed by atoms with Gasteiger partial charge in [0, 0.05) is 34.3 Å². The molecule has 0 unspecified atom stereocenters. The highest BCUT2D eigenvalue weighted by atomic mass is 32.2. The molecule has 0 aliphatic carbocycles. The van der Waals surface area contributed by atoms with E-state index in [-0.39, 0.29) is 4.90 Å². The van der Waals surface area contributed by atoms with Crippen LogP contribution in [0.15, 0.2) is 52.5 Å². The Hall–Kier alpha value is -2.40. The van der Waals surface area contributed by atoms with Gasteiger partial charge in [0.2, 0.25) is 10.0 Å². The van der Waals surface area contributed by atoms with Gasteiger partial charge >= 0.3 is 0 Å². The van der Waals surface area contributed by atoms with Crippen molar-refractivity contribution in [1.82, 2.24) is 23.4 Å². The van der Waals surface area contributed by atoms with E-state index in [1.54, 1.807) is 31.0 Å². The van der Waals surface area contributed by atoms with E-state index < -0.39 is 10.0 Å². The van der Waals surface area contributed by atoms with Gasteiger partial charge in [-0.15, -0.1) is 0 Å². The predicted molar refractivity (Wildman–Crippen MR) is 132 cm³/mol. The molecular formula is C23H29N5O3S2.